The minimum atomic E-state index is -2.68. The van der Waals surface area contributed by atoms with Crippen LogP contribution in [0.2, 0.25) is 5.28 Å². The smallest absolute Gasteiger partial charge is 0.416 e. The Hall–Kier alpha value is -1.57. The molecule has 1 unspecified atom stereocenters. The number of rotatable bonds is 3. The molecular formula is C10H9ClF3N3O2. The lowest BCUT2D eigenvalue weighted by molar-refractivity contribution is 0.0684. The summed E-state index contributed by atoms with van der Waals surface area (Å²) in [6.07, 6.45) is -2.85. The summed E-state index contributed by atoms with van der Waals surface area (Å²) < 4.78 is 43.8. The van der Waals surface area contributed by atoms with Gasteiger partial charge in [0.25, 0.3) is 0 Å². The number of ether oxygens (including phenoxy) is 1. The van der Waals surface area contributed by atoms with E-state index in [1.54, 1.807) is 0 Å². The lowest BCUT2D eigenvalue weighted by Gasteiger charge is -2.25. The minimum Gasteiger partial charge on any atom is -0.447 e. The van der Waals surface area contributed by atoms with Gasteiger partial charge in [-0.05, 0) is 11.6 Å². The Kier molecular flexibility index (Phi) is 3.79. The van der Waals surface area contributed by atoms with Crippen molar-refractivity contribution in [1.82, 2.24) is 9.97 Å². The highest BCUT2D eigenvalue weighted by Gasteiger charge is 2.42. The lowest BCUT2D eigenvalue weighted by atomic mass is 10.0. The van der Waals surface area contributed by atoms with Gasteiger partial charge in [0, 0.05) is 5.92 Å². The molecule has 19 heavy (non-hydrogen) atoms. The summed E-state index contributed by atoms with van der Waals surface area (Å²) in [5, 5.41) is -0.292. The van der Waals surface area contributed by atoms with Crippen molar-refractivity contribution in [2.75, 3.05) is 11.5 Å². The standard InChI is InChI=1S/C10H9ClF3N3O2/c1-4(7(13)14)6-3-19-10(18)17(6)8-5(12)2-15-9(11)16-8/h2,4,6-7H,3H2,1H3/t4-,6?/m1/s1. The Labute approximate surface area is 111 Å². The molecule has 0 N–H and O–H groups in total. The second-order valence-corrected chi connectivity index (χ2v) is 4.36. The first-order valence-corrected chi connectivity index (χ1v) is 5.71. The molecule has 0 radical (unpaired) electrons. The van der Waals surface area contributed by atoms with Gasteiger partial charge in [0.15, 0.2) is 11.6 Å². The molecule has 2 rings (SSSR count). The minimum absolute atomic E-state index is 0.259. The van der Waals surface area contributed by atoms with Crippen LogP contribution in [0.5, 0.6) is 0 Å². The third kappa shape index (κ3) is 2.58. The number of hydrogen-bond acceptors (Lipinski definition) is 4. The summed E-state index contributed by atoms with van der Waals surface area (Å²) >= 11 is 5.52. The van der Waals surface area contributed by atoms with Crippen LogP contribution in [0, 0.1) is 11.7 Å². The molecule has 0 aliphatic carbocycles. The normalized spacial score (nSPS) is 20.8. The Balaban J connectivity index is 2.39. The zero-order valence-electron chi connectivity index (χ0n) is 9.69. The van der Waals surface area contributed by atoms with Crippen molar-refractivity contribution in [2.24, 2.45) is 5.92 Å². The highest BCUT2D eigenvalue weighted by atomic mass is 35.5. The summed E-state index contributed by atoms with van der Waals surface area (Å²) in [5.41, 5.74) is 0. The summed E-state index contributed by atoms with van der Waals surface area (Å²) in [5.74, 6) is -2.59. The van der Waals surface area contributed by atoms with Crippen molar-refractivity contribution in [3.05, 3.63) is 17.3 Å². The monoisotopic (exact) mass is 295 g/mol. The predicted octanol–water partition coefficient (Wildman–Crippen LogP) is 2.50. The van der Waals surface area contributed by atoms with Crippen molar-refractivity contribution in [1.29, 1.82) is 0 Å². The molecule has 0 aromatic carbocycles. The second kappa shape index (κ2) is 5.20. The summed E-state index contributed by atoms with van der Waals surface area (Å²) in [6.45, 7) is 0.983. The van der Waals surface area contributed by atoms with E-state index in [9.17, 15) is 18.0 Å². The van der Waals surface area contributed by atoms with E-state index in [4.69, 9.17) is 11.6 Å². The van der Waals surface area contributed by atoms with Gasteiger partial charge < -0.3 is 4.74 Å². The zero-order valence-corrected chi connectivity index (χ0v) is 10.4. The molecule has 9 heteroatoms. The molecule has 2 heterocycles. The maximum Gasteiger partial charge on any atom is 0.416 e. The van der Waals surface area contributed by atoms with Crippen molar-refractivity contribution >= 4 is 23.5 Å². The number of alkyl halides is 2. The highest BCUT2D eigenvalue weighted by Crippen LogP contribution is 2.30. The van der Waals surface area contributed by atoms with Gasteiger partial charge in [-0.25, -0.2) is 22.9 Å². The molecule has 1 saturated heterocycles. The van der Waals surface area contributed by atoms with E-state index in [0.717, 1.165) is 11.1 Å². The lowest BCUT2D eigenvalue weighted by Crippen LogP contribution is -2.41. The van der Waals surface area contributed by atoms with Crippen LogP contribution in [-0.2, 0) is 4.74 Å². The van der Waals surface area contributed by atoms with Gasteiger partial charge >= 0.3 is 6.09 Å². The number of halogens is 4. The number of cyclic esters (lactones) is 1. The quantitative estimate of drug-likeness (QED) is 0.804. The van der Waals surface area contributed by atoms with Crippen molar-refractivity contribution in [3.8, 4) is 0 Å². The van der Waals surface area contributed by atoms with Crippen LogP contribution in [0.3, 0.4) is 0 Å². The van der Waals surface area contributed by atoms with Gasteiger partial charge in [-0.15, -0.1) is 0 Å². The summed E-state index contributed by atoms with van der Waals surface area (Å²) in [4.78, 5) is 19.3. The first-order valence-electron chi connectivity index (χ1n) is 5.34. The van der Waals surface area contributed by atoms with Gasteiger partial charge in [-0.2, -0.15) is 4.98 Å². The van der Waals surface area contributed by atoms with Gasteiger partial charge in [0.1, 0.15) is 6.61 Å². The van der Waals surface area contributed by atoms with Gasteiger partial charge in [-0.3, -0.25) is 4.90 Å². The van der Waals surface area contributed by atoms with Gasteiger partial charge in [-0.1, -0.05) is 6.92 Å². The number of anilines is 1. The number of aromatic nitrogens is 2. The van der Waals surface area contributed by atoms with Crippen molar-refractivity contribution < 1.29 is 22.7 Å². The summed E-state index contributed by atoms with van der Waals surface area (Å²) in [7, 11) is 0. The summed E-state index contributed by atoms with van der Waals surface area (Å²) in [6, 6.07) is -1.01. The van der Waals surface area contributed by atoms with Crippen LogP contribution in [0.4, 0.5) is 23.8 Å². The fourth-order valence-electron chi connectivity index (χ4n) is 1.74. The van der Waals surface area contributed by atoms with E-state index >= 15 is 0 Å². The topological polar surface area (TPSA) is 55.3 Å². The number of carbonyl (C=O) groups is 1. The second-order valence-electron chi connectivity index (χ2n) is 4.02. The maximum atomic E-state index is 13.6. The van der Waals surface area contributed by atoms with Crippen molar-refractivity contribution in [2.45, 2.75) is 19.4 Å². The van der Waals surface area contributed by atoms with Crippen LogP contribution >= 0.6 is 11.6 Å². The van der Waals surface area contributed by atoms with Crippen LogP contribution in [0.1, 0.15) is 6.92 Å². The van der Waals surface area contributed by atoms with Gasteiger partial charge in [0.05, 0.1) is 12.2 Å². The number of carbonyl (C=O) groups excluding carboxylic acids is 1. The molecule has 0 spiro atoms. The third-order valence-electron chi connectivity index (χ3n) is 2.83. The van der Waals surface area contributed by atoms with Crippen LogP contribution in [0.25, 0.3) is 0 Å². The highest BCUT2D eigenvalue weighted by molar-refractivity contribution is 6.28. The first-order chi connectivity index (χ1) is 8.91. The molecule has 5 nitrogen and oxygen atoms in total. The molecule has 2 atom stereocenters. The fourth-order valence-corrected chi connectivity index (χ4v) is 1.87. The van der Waals surface area contributed by atoms with E-state index in [-0.39, 0.29) is 11.9 Å². The molecule has 1 aliphatic rings. The zero-order chi connectivity index (χ0) is 14.2. The Morgan fingerprint density at radius 1 is 1.58 bits per heavy atom. The first kappa shape index (κ1) is 13.9. The largest absolute Gasteiger partial charge is 0.447 e. The van der Waals surface area contributed by atoms with Crippen LogP contribution < -0.4 is 4.90 Å². The van der Waals surface area contributed by atoms with E-state index in [1.165, 1.54) is 6.92 Å². The number of amides is 1. The van der Waals surface area contributed by atoms with E-state index in [2.05, 4.69) is 14.7 Å². The van der Waals surface area contributed by atoms with Gasteiger partial charge in [0.2, 0.25) is 11.7 Å². The molecular weight excluding hydrogens is 287 g/mol. The Morgan fingerprint density at radius 2 is 2.26 bits per heavy atom. The Morgan fingerprint density at radius 3 is 2.89 bits per heavy atom. The number of nitrogens with zero attached hydrogens (tertiary/aromatic N) is 3. The van der Waals surface area contributed by atoms with E-state index in [0.29, 0.717) is 0 Å². The average Bonchev–Trinajstić information content (AvgIpc) is 2.73. The molecule has 1 aromatic rings. The molecule has 1 aromatic heterocycles. The van der Waals surface area contributed by atoms with Crippen molar-refractivity contribution in [3.63, 3.8) is 0 Å². The maximum absolute atomic E-state index is 13.6. The third-order valence-corrected chi connectivity index (χ3v) is 3.02. The average molecular weight is 296 g/mol. The molecule has 0 saturated carbocycles. The SMILES string of the molecule is C[C@@H](C(F)F)C1COC(=O)N1c1nc(Cl)ncc1F. The van der Waals surface area contributed by atoms with Crippen LogP contribution in [-0.4, -0.2) is 35.1 Å². The molecule has 1 amide bonds. The molecule has 0 bridgehead atoms. The van der Waals surface area contributed by atoms with E-state index < -0.39 is 36.1 Å². The van der Waals surface area contributed by atoms with Crippen LogP contribution in [0.15, 0.2) is 6.20 Å². The predicted molar refractivity (Wildman–Crippen MR) is 59.8 cm³/mol. The molecule has 1 aliphatic heterocycles. The van der Waals surface area contributed by atoms with E-state index in [1.807, 2.05) is 0 Å². The number of hydrogen-bond donors (Lipinski definition) is 0. The molecule has 104 valence electrons. The fraction of sp³-hybridized carbons (Fsp3) is 0.500. The Bertz CT molecular complexity index is 503. The molecule has 1 fully saturated rings.